The van der Waals surface area contributed by atoms with Crippen molar-refractivity contribution in [2.45, 2.75) is 19.2 Å². The van der Waals surface area contributed by atoms with Gasteiger partial charge in [0.1, 0.15) is 11.9 Å². The Labute approximate surface area is 163 Å². The fourth-order valence-corrected chi connectivity index (χ4v) is 3.72. The fourth-order valence-electron chi connectivity index (χ4n) is 2.95. The molecule has 28 heavy (non-hydrogen) atoms. The summed E-state index contributed by atoms with van der Waals surface area (Å²) in [6.07, 6.45) is 1.47. The van der Waals surface area contributed by atoms with E-state index >= 15 is 0 Å². The van der Waals surface area contributed by atoms with E-state index in [1.807, 2.05) is 12.1 Å². The molecule has 6 nitrogen and oxygen atoms in total. The minimum Gasteiger partial charge on any atom is -0.379 e. The number of pyridine rings is 1. The van der Waals surface area contributed by atoms with Crippen LogP contribution in [0.15, 0.2) is 42.6 Å². The molecule has 0 unspecified atom stereocenters. The molecule has 0 aliphatic rings. The van der Waals surface area contributed by atoms with Gasteiger partial charge >= 0.3 is 0 Å². The molecule has 8 heteroatoms. The van der Waals surface area contributed by atoms with Crippen LogP contribution in [-0.4, -0.2) is 20.4 Å². The SMILES string of the molecule is CNS(=O)(=O)Cc1ccc(CNc2c(C#N)cnc3c(C)cc(F)cc23)cc1. The minimum atomic E-state index is -3.33. The summed E-state index contributed by atoms with van der Waals surface area (Å²) < 4.78 is 39.4. The Bertz CT molecular complexity index is 1170. The third kappa shape index (κ3) is 4.27. The van der Waals surface area contributed by atoms with Crippen molar-refractivity contribution in [3.8, 4) is 6.07 Å². The Balaban J connectivity index is 1.87. The molecule has 0 bridgehead atoms. The number of sulfonamides is 1. The van der Waals surface area contributed by atoms with E-state index in [0.717, 1.165) is 5.56 Å². The van der Waals surface area contributed by atoms with Gasteiger partial charge in [0.2, 0.25) is 10.0 Å². The normalized spacial score (nSPS) is 11.4. The van der Waals surface area contributed by atoms with Gasteiger partial charge in [-0.25, -0.2) is 17.5 Å². The van der Waals surface area contributed by atoms with E-state index in [9.17, 15) is 18.1 Å². The molecule has 0 radical (unpaired) electrons. The summed E-state index contributed by atoms with van der Waals surface area (Å²) in [6.45, 7) is 2.16. The molecule has 2 N–H and O–H groups in total. The predicted octanol–water partition coefficient (Wildman–Crippen LogP) is 3.22. The average Bonchev–Trinajstić information content (AvgIpc) is 2.67. The lowest BCUT2D eigenvalue weighted by Crippen LogP contribution is -2.20. The molecular weight excluding hydrogens is 379 g/mol. The summed E-state index contributed by atoms with van der Waals surface area (Å²) in [4.78, 5) is 4.27. The molecular formula is C20H19FN4O2S. The van der Waals surface area contributed by atoms with E-state index in [1.54, 1.807) is 19.1 Å². The molecule has 0 fully saturated rings. The fraction of sp³-hybridized carbons (Fsp3) is 0.200. The van der Waals surface area contributed by atoms with Gasteiger partial charge in [0.25, 0.3) is 0 Å². The molecule has 0 saturated heterocycles. The van der Waals surface area contributed by atoms with Gasteiger partial charge in [-0.05, 0) is 42.8 Å². The van der Waals surface area contributed by atoms with E-state index < -0.39 is 10.0 Å². The van der Waals surface area contributed by atoms with E-state index in [0.29, 0.717) is 39.8 Å². The second-order valence-corrected chi connectivity index (χ2v) is 8.34. The van der Waals surface area contributed by atoms with Gasteiger partial charge in [0, 0.05) is 18.1 Å². The maximum Gasteiger partial charge on any atom is 0.215 e. The van der Waals surface area contributed by atoms with Crippen molar-refractivity contribution in [2.75, 3.05) is 12.4 Å². The second-order valence-electron chi connectivity index (χ2n) is 6.41. The standard InChI is InChI=1S/C20H19FN4O2S/c1-13-7-17(21)8-18-19(13)25-11-16(9-22)20(18)24-10-14-3-5-15(6-4-14)12-28(26,27)23-2/h3-8,11,23H,10,12H2,1-2H3,(H,24,25). The Morgan fingerprint density at radius 2 is 1.86 bits per heavy atom. The minimum absolute atomic E-state index is 0.0939. The van der Waals surface area contributed by atoms with Crippen LogP contribution >= 0.6 is 0 Å². The van der Waals surface area contributed by atoms with Gasteiger partial charge in [0.05, 0.1) is 22.5 Å². The number of fused-ring (bicyclic) bond motifs is 1. The van der Waals surface area contributed by atoms with Gasteiger partial charge in [0.15, 0.2) is 0 Å². The molecule has 1 heterocycles. The molecule has 0 saturated carbocycles. The molecule has 0 aliphatic heterocycles. The van der Waals surface area contributed by atoms with Crippen LogP contribution in [0.4, 0.5) is 10.1 Å². The number of rotatable bonds is 6. The molecule has 0 aliphatic carbocycles. The quantitative estimate of drug-likeness (QED) is 0.665. The van der Waals surface area contributed by atoms with E-state index in [2.05, 4.69) is 21.1 Å². The van der Waals surface area contributed by atoms with Crippen LogP contribution in [0.5, 0.6) is 0 Å². The summed E-state index contributed by atoms with van der Waals surface area (Å²) in [6, 6.07) is 12.0. The maximum absolute atomic E-state index is 13.9. The maximum atomic E-state index is 13.9. The van der Waals surface area contributed by atoms with Crippen molar-refractivity contribution in [3.63, 3.8) is 0 Å². The van der Waals surface area contributed by atoms with E-state index in [1.165, 1.54) is 25.4 Å². The highest BCUT2D eigenvalue weighted by Crippen LogP contribution is 2.29. The van der Waals surface area contributed by atoms with Crippen molar-refractivity contribution in [1.82, 2.24) is 9.71 Å². The number of nitriles is 1. The number of nitrogens with zero attached hydrogens (tertiary/aromatic N) is 2. The molecule has 1 aromatic heterocycles. The smallest absolute Gasteiger partial charge is 0.215 e. The summed E-state index contributed by atoms with van der Waals surface area (Å²) in [7, 11) is -1.95. The Kier molecular flexibility index (Phi) is 5.58. The molecule has 0 spiro atoms. The number of aryl methyl sites for hydroxylation is 1. The summed E-state index contributed by atoms with van der Waals surface area (Å²) in [5.41, 5.74) is 3.75. The summed E-state index contributed by atoms with van der Waals surface area (Å²) in [5, 5.41) is 13.1. The van der Waals surface area contributed by atoms with Crippen LogP contribution in [0.25, 0.3) is 10.9 Å². The molecule has 0 atom stereocenters. The van der Waals surface area contributed by atoms with Crippen molar-refractivity contribution < 1.29 is 12.8 Å². The number of halogens is 1. The van der Waals surface area contributed by atoms with Gasteiger partial charge in [-0.1, -0.05) is 24.3 Å². The van der Waals surface area contributed by atoms with E-state index in [4.69, 9.17) is 0 Å². The van der Waals surface area contributed by atoms with E-state index in [-0.39, 0.29) is 11.6 Å². The van der Waals surface area contributed by atoms with Gasteiger partial charge in [-0.2, -0.15) is 5.26 Å². The van der Waals surface area contributed by atoms with Crippen LogP contribution < -0.4 is 10.0 Å². The van der Waals surface area contributed by atoms with Gasteiger partial charge in [-0.15, -0.1) is 0 Å². The zero-order valence-corrected chi connectivity index (χ0v) is 16.3. The zero-order chi connectivity index (χ0) is 20.3. The van der Waals surface area contributed by atoms with Crippen LogP contribution in [0.3, 0.4) is 0 Å². The monoisotopic (exact) mass is 398 g/mol. The number of nitrogens with one attached hydrogen (secondary N) is 2. The number of hydrogen-bond acceptors (Lipinski definition) is 5. The number of benzene rings is 2. The Hall–Kier alpha value is -3.02. The first-order valence-corrected chi connectivity index (χ1v) is 10.2. The average molecular weight is 398 g/mol. The molecule has 0 amide bonds. The van der Waals surface area contributed by atoms with Crippen molar-refractivity contribution in [3.05, 3.63) is 70.7 Å². The zero-order valence-electron chi connectivity index (χ0n) is 15.5. The first-order valence-electron chi connectivity index (χ1n) is 8.55. The summed E-state index contributed by atoms with van der Waals surface area (Å²) in [5.74, 6) is -0.483. The second kappa shape index (κ2) is 7.92. The van der Waals surface area contributed by atoms with Crippen molar-refractivity contribution >= 4 is 26.6 Å². The van der Waals surface area contributed by atoms with Crippen LogP contribution in [-0.2, 0) is 22.3 Å². The van der Waals surface area contributed by atoms with Crippen LogP contribution in [0, 0.1) is 24.1 Å². The van der Waals surface area contributed by atoms with Crippen LogP contribution in [0.2, 0.25) is 0 Å². The molecule has 3 aromatic rings. The lowest BCUT2D eigenvalue weighted by Gasteiger charge is -2.13. The van der Waals surface area contributed by atoms with Crippen molar-refractivity contribution in [2.24, 2.45) is 0 Å². The Morgan fingerprint density at radius 1 is 1.18 bits per heavy atom. The number of hydrogen-bond donors (Lipinski definition) is 2. The first-order chi connectivity index (χ1) is 13.3. The van der Waals surface area contributed by atoms with Gasteiger partial charge in [-0.3, -0.25) is 4.98 Å². The molecule has 2 aromatic carbocycles. The van der Waals surface area contributed by atoms with Crippen LogP contribution in [0.1, 0.15) is 22.3 Å². The highest BCUT2D eigenvalue weighted by atomic mass is 32.2. The highest BCUT2D eigenvalue weighted by molar-refractivity contribution is 7.88. The predicted molar refractivity (Wildman–Crippen MR) is 107 cm³/mol. The molecule has 3 rings (SSSR count). The molecule has 144 valence electrons. The summed E-state index contributed by atoms with van der Waals surface area (Å²) >= 11 is 0. The van der Waals surface area contributed by atoms with Gasteiger partial charge < -0.3 is 5.32 Å². The lowest BCUT2D eigenvalue weighted by atomic mass is 10.1. The third-order valence-corrected chi connectivity index (χ3v) is 5.74. The first kappa shape index (κ1) is 19.7. The number of anilines is 1. The lowest BCUT2D eigenvalue weighted by molar-refractivity contribution is 0.587. The number of aromatic nitrogens is 1. The third-order valence-electron chi connectivity index (χ3n) is 4.41. The highest BCUT2D eigenvalue weighted by Gasteiger charge is 2.12. The largest absolute Gasteiger partial charge is 0.379 e. The van der Waals surface area contributed by atoms with Crippen molar-refractivity contribution in [1.29, 1.82) is 5.26 Å². The topological polar surface area (TPSA) is 94.9 Å². The Morgan fingerprint density at radius 3 is 2.50 bits per heavy atom.